The molecule has 14 nitrogen and oxygen atoms in total. The van der Waals surface area contributed by atoms with E-state index in [0.29, 0.717) is 31.4 Å². The third kappa shape index (κ3) is 10.2. The van der Waals surface area contributed by atoms with E-state index < -0.39 is 83.7 Å². The van der Waals surface area contributed by atoms with Crippen LogP contribution < -0.4 is 0 Å². The first-order valence-electron chi connectivity index (χ1n) is 22.5. The molecule has 0 spiro atoms. The summed E-state index contributed by atoms with van der Waals surface area (Å²) in [5.74, 6) is -3.23. The van der Waals surface area contributed by atoms with Gasteiger partial charge in [0.05, 0.1) is 60.6 Å². The number of fused-ring (bicyclic) bond motifs is 5. The summed E-state index contributed by atoms with van der Waals surface area (Å²) in [6.07, 6.45) is 0.332. The summed E-state index contributed by atoms with van der Waals surface area (Å²) in [7, 11) is 3.85. The minimum Gasteiger partial charge on any atom is -0.458 e. The van der Waals surface area contributed by atoms with Crippen LogP contribution in [0.4, 0.5) is 4.79 Å². The largest absolute Gasteiger partial charge is 0.458 e. The van der Waals surface area contributed by atoms with Crippen LogP contribution in [-0.4, -0.2) is 133 Å². The number of para-hydroxylation sites is 1. The number of aromatic nitrogens is 1. The van der Waals surface area contributed by atoms with Gasteiger partial charge in [0.15, 0.2) is 18.0 Å². The van der Waals surface area contributed by atoms with Crippen LogP contribution in [0.5, 0.6) is 0 Å². The van der Waals surface area contributed by atoms with Crippen molar-refractivity contribution in [3.05, 3.63) is 54.2 Å². The van der Waals surface area contributed by atoms with Gasteiger partial charge in [-0.05, 0) is 104 Å². The molecule has 62 heavy (non-hydrogen) atoms. The van der Waals surface area contributed by atoms with Crippen LogP contribution in [-0.2, 0) is 54.0 Å². The van der Waals surface area contributed by atoms with E-state index in [1.54, 1.807) is 18.7 Å². The number of nitrogens with zero attached hydrogens (tertiary/aromatic N) is 3. The Morgan fingerprint density at radius 3 is 2.47 bits per heavy atom. The third-order valence-corrected chi connectivity index (χ3v) is 13.7. The van der Waals surface area contributed by atoms with E-state index in [9.17, 15) is 14.4 Å². The number of aryl methyl sites for hydroxylation is 1. The fourth-order valence-electron chi connectivity index (χ4n) is 10.3. The zero-order valence-corrected chi connectivity index (χ0v) is 38.4. The van der Waals surface area contributed by atoms with Gasteiger partial charge in [-0.15, -0.1) is 0 Å². The number of carbonyl (C=O) groups excluding carboxylic acids is 4. The first kappa shape index (κ1) is 47.5. The lowest BCUT2D eigenvalue weighted by Crippen LogP contribution is -2.60. The molecule has 13 atom stereocenters. The monoisotopic (exact) mass is 863 g/mol. The molecule has 3 unspecified atom stereocenters. The van der Waals surface area contributed by atoms with Crippen LogP contribution >= 0.6 is 0 Å². The molecular formula is C48H69N3O11. The highest BCUT2D eigenvalue weighted by molar-refractivity contribution is 5.85. The number of ketones is 1. The van der Waals surface area contributed by atoms with Crippen LogP contribution in [0.2, 0.25) is 0 Å². The second kappa shape index (κ2) is 19.8. The SMILES string of the molecule is C=C1CO[C@@H]2C[C@@H](OC3O[C@H](C)C[C@H](N(C)C)[C@H]3OC(C)=O)[C@](C)(C[C@@H](C)C(=O)[C@H](C)C3N(CCCCc4ccnc5ccccc45)C(=O)OC3(C)[C@@H](CC)OC(=O)[C@@H]2C)OC1. The number of benzene rings is 1. The Balaban J connectivity index is 1.34. The number of Topliss-reactive ketones (excluding diaryl/α,β-unsaturated/α-hetero) is 1. The van der Waals surface area contributed by atoms with Crippen LogP contribution in [0, 0.1) is 17.8 Å². The van der Waals surface area contributed by atoms with Crippen molar-refractivity contribution in [3.8, 4) is 0 Å². The van der Waals surface area contributed by atoms with Crippen LogP contribution in [0.25, 0.3) is 10.9 Å². The van der Waals surface area contributed by atoms with E-state index in [4.69, 9.17) is 33.2 Å². The van der Waals surface area contributed by atoms with E-state index in [0.717, 1.165) is 23.7 Å². The molecule has 4 saturated heterocycles. The van der Waals surface area contributed by atoms with Crippen molar-refractivity contribution in [2.75, 3.05) is 33.9 Å². The van der Waals surface area contributed by atoms with Crippen LogP contribution in [0.15, 0.2) is 48.7 Å². The van der Waals surface area contributed by atoms with Gasteiger partial charge in [0.2, 0.25) is 0 Å². The fraction of sp³-hybridized carbons (Fsp3) is 0.688. The Kier molecular flexibility index (Phi) is 15.2. The number of carbonyl (C=O) groups is 4. The smallest absolute Gasteiger partial charge is 0.410 e. The average molecular weight is 864 g/mol. The molecule has 0 saturated carbocycles. The maximum atomic E-state index is 15.0. The van der Waals surface area contributed by atoms with Crippen molar-refractivity contribution < 1.29 is 52.3 Å². The Labute approximate surface area is 367 Å². The maximum Gasteiger partial charge on any atom is 0.410 e. The normalized spacial score (nSPS) is 36.3. The van der Waals surface area contributed by atoms with Gasteiger partial charge in [-0.2, -0.15) is 0 Å². The lowest BCUT2D eigenvalue weighted by molar-refractivity contribution is -0.296. The molecule has 5 heterocycles. The number of amides is 1. The Hall–Kier alpha value is -3.95. The quantitative estimate of drug-likeness (QED) is 0.106. The highest BCUT2D eigenvalue weighted by atomic mass is 16.7. The molecule has 2 bridgehead atoms. The highest BCUT2D eigenvalue weighted by Gasteiger charge is 2.60. The Bertz CT molecular complexity index is 1940. The zero-order chi connectivity index (χ0) is 45.1. The predicted molar refractivity (Wildman–Crippen MR) is 232 cm³/mol. The number of hydrogen-bond acceptors (Lipinski definition) is 13. The number of ether oxygens (including phenoxy) is 7. The lowest BCUT2D eigenvalue weighted by Gasteiger charge is -2.47. The number of cyclic esters (lactones) is 1. The number of hydrogen-bond donors (Lipinski definition) is 0. The van der Waals surface area contributed by atoms with Crippen LogP contribution in [0.1, 0.15) is 99.5 Å². The van der Waals surface area contributed by atoms with Crippen molar-refractivity contribution >= 4 is 34.7 Å². The minimum atomic E-state index is -1.34. The van der Waals surface area contributed by atoms with E-state index in [1.807, 2.05) is 84.1 Å². The van der Waals surface area contributed by atoms with Gasteiger partial charge >= 0.3 is 18.0 Å². The van der Waals surface area contributed by atoms with E-state index >= 15 is 4.79 Å². The molecule has 6 rings (SSSR count). The lowest BCUT2D eigenvalue weighted by atomic mass is 9.74. The van der Waals surface area contributed by atoms with E-state index in [2.05, 4.69) is 17.6 Å². The molecule has 0 aliphatic carbocycles. The first-order valence-corrected chi connectivity index (χ1v) is 22.5. The van der Waals surface area contributed by atoms with Crippen molar-refractivity contribution in [2.24, 2.45) is 17.8 Å². The van der Waals surface area contributed by atoms with Gasteiger partial charge in [0, 0.05) is 43.3 Å². The third-order valence-electron chi connectivity index (χ3n) is 13.7. The molecule has 2 aromatic rings. The number of pyridine rings is 1. The molecule has 4 aliphatic rings. The summed E-state index contributed by atoms with van der Waals surface area (Å²) < 4.78 is 45.2. The Morgan fingerprint density at radius 1 is 1.02 bits per heavy atom. The standard InChI is InChI=1S/C48H69N3O11/c1-12-39-48(9)43(51(46(55)62-48)22-16-15-17-34-20-21-49-36-19-14-13-18-35(34)36)32(6)41(53)29(3)25-47(8)40(24-38(31(5)44(54)60-39)56-26-28(2)27-57-47)61-45-42(59-33(7)52)37(50(10)11)23-30(4)58-45/h13-14,18-21,29-32,37-40,42-43,45H,2,12,15-17,22-27H2,1,3-11H3/t29-,30-,31-,32+,37+,38-,39-,40-,42-,43?,45?,47+,48?/m1/s1. The molecule has 342 valence electrons. The summed E-state index contributed by atoms with van der Waals surface area (Å²) in [5, 5.41) is 1.10. The molecule has 4 aliphatic heterocycles. The second-order valence-corrected chi connectivity index (χ2v) is 18.8. The summed E-state index contributed by atoms with van der Waals surface area (Å²) >= 11 is 0. The van der Waals surface area contributed by atoms with E-state index in [1.165, 1.54) is 12.5 Å². The molecule has 1 aromatic carbocycles. The van der Waals surface area contributed by atoms with Gasteiger partial charge in [-0.1, -0.05) is 45.5 Å². The molecule has 4 fully saturated rings. The molecule has 1 amide bonds. The van der Waals surface area contributed by atoms with Crippen molar-refractivity contribution in [3.63, 3.8) is 0 Å². The van der Waals surface area contributed by atoms with Gasteiger partial charge < -0.3 is 43.0 Å². The highest BCUT2D eigenvalue weighted by Crippen LogP contribution is 2.43. The Morgan fingerprint density at radius 2 is 1.76 bits per heavy atom. The number of rotatable bonds is 10. The van der Waals surface area contributed by atoms with E-state index in [-0.39, 0.29) is 44.0 Å². The summed E-state index contributed by atoms with van der Waals surface area (Å²) in [5.41, 5.74) is 0.266. The predicted octanol–water partition coefficient (Wildman–Crippen LogP) is 6.84. The minimum absolute atomic E-state index is 0.0949. The number of esters is 2. The second-order valence-electron chi connectivity index (χ2n) is 18.8. The van der Waals surface area contributed by atoms with Crippen molar-refractivity contribution in [2.45, 2.75) is 160 Å². The zero-order valence-electron chi connectivity index (χ0n) is 38.4. The summed E-state index contributed by atoms with van der Waals surface area (Å²) in [6.45, 7) is 19.2. The van der Waals surface area contributed by atoms with Crippen LogP contribution in [0.3, 0.4) is 0 Å². The molecule has 0 radical (unpaired) electrons. The van der Waals surface area contributed by atoms with Gasteiger partial charge in [-0.25, -0.2) is 4.79 Å². The van der Waals surface area contributed by atoms with Crippen molar-refractivity contribution in [1.29, 1.82) is 0 Å². The summed E-state index contributed by atoms with van der Waals surface area (Å²) in [6, 6.07) is 9.12. The molecular weight excluding hydrogens is 795 g/mol. The topological polar surface area (TPSA) is 152 Å². The van der Waals surface area contributed by atoms with Gasteiger partial charge in [0.1, 0.15) is 11.9 Å². The number of likely N-dealkylation sites (N-methyl/N-ethyl adjacent to an activating group) is 1. The van der Waals surface area contributed by atoms with Gasteiger partial charge in [-0.3, -0.25) is 19.4 Å². The number of unbranched alkanes of at least 4 members (excludes halogenated alkanes) is 1. The summed E-state index contributed by atoms with van der Waals surface area (Å²) in [4.78, 5) is 64.2. The molecule has 14 heteroatoms. The van der Waals surface area contributed by atoms with Gasteiger partial charge in [0.25, 0.3) is 0 Å². The van der Waals surface area contributed by atoms with Crippen molar-refractivity contribution in [1.82, 2.24) is 14.8 Å². The molecule has 1 aromatic heterocycles. The molecule has 0 N–H and O–H groups in total. The first-order chi connectivity index (χ1) is 29.4. The average Bonchev–Trinajstić information content (AvgIpc) is 3.51. The maximum absolute atomic E-state index is 15.0. The fourth-order valence-corrected chi connectivity index (χ4v) is 10.3.